The van der Waals surface area contributed by atoms with Crippen molar-refractivity contribution < 1.29 is 4.79 Å². The predicted molar refractivity (Wildman–Crippen MR) is 66.0 cm³/mol. The Bertz CT molecular complexity index is 360. The van der Waals surface area contributed by atoms with Crippen LogP contribution in [0.5, 0.6) is 0 Å². The Morgan fingerprint density at radius 3 is 2.67 bits per heavy atom. The number of benzene rings is 1. The number of Topliss-reactive ketones (excluding diaryl/α,β-unsaturated/α-hetero) is 1. The zero-order valence-corrected chi connectivity index (χ0v) is 10.9. The van der Waals surface area contributed by atoms with Gasteiger partial charge < -0.3 is 5.32 Å². The number of likely N-dealkylation sites (N-methyl/N-ethyl adjacent to an activating group) is 1. The molecule has 0 atom stereocenters. The molecule has 1 N–H and O–H groups in total. The first kappa shape index (κ1) is 12.4. The number of carbonyl (C=O) groups excluding carboxylic acids is 1. The standard InChI is InChI=1S/C12H16BrNO/c1-12(2,14-3)11(15)8-9-5-4-6-10(13)7-9/h4-7,14H,8H2,1-3H3. The van der Waals surface area contributed by atoms with Crippen LogP contribution in [0.2, 0.25) is 0 Å². The average Bonchev–Trinajstić information content (AvgIpc) is 2.17. The van der Waals surface area contributed by atoms with Gasteiger partial charge in [0, 0.05) is 10.9 Å². The van der Waals surface area contributed by atoms with E-state index in [0.717, 1.165) is 10.0 Å². The number of carbonyl (C=O) groups is 1. The Kier molecular flexibility index (Phi) is 4.05. The van der Waals surface area contributed by atoms with Crippen molar-refractivity contribution >= 4 is 21.7 Å². The first-order valence-corrected chi connectivity index (χ1v) is 5.71. The minimum atomic E-state index is -0.456. The maximum atomic E-state index is 11.9. The van der Waals surface area contributed by atoms with Crippen molar-refractivity contribution in [1.82, 2.24) is 5.32 Å². The molecule has 0 saturated heterocycles. The minimum Gasteiger partial charge on any atom is -0.308 e. The normalized spacial score (nSPS) is 11.5. The highest BCUT2D eigenvalue weighted by Gasteiger charge is 2.24. The average molecular weight is 270 g/mol. The SMILES string of the molecule is CNC(C)(C)C(=O)Cc1cccc(Br)c1. The van der Waals surface area contributed by atoms with Crippen LogP contribution < -0.4 is 5.32 Å². The summed E-state index contributed by atoms with van der Waals surface area (Å²) in [6, 6.07) is 7.84. The molecular formula is C12H16BrNO. The van der Waals surface area contributed by atoms with Crippen LogP contribution in [0.15, 0.2) is 28.7 Å². The Balaban J connectivity index is 2.75. The third-order valence-electron chi connectivity index (χ3n) is 2.58. The largest absolute Gasteiger partial charge is 0.308 e. The topological polar surface area (TPSA) is 29.1 Å². The second kappa shape index (κ2) is 4.90. The summed E-state index contributed by atoms with van der Waals surface area (Å²) in [5.41, 5.74) is 0.584. The van der Waals surface area contributed by atoms with E-state index in [0.29, 0.717) is 6.42 Å². The van der Waals surface area contributed by atoms with Gasteiger partial charge in [-0.15, -0.1) is 0 Å². The smallest absolute Gasteiger partial charge is 0.156 e. The monoisotopic (exact) mass is 269 g/mol. The summed E-state index contributed by atoms with van der Waals surface area (Å²) in [6.07, 6.45) is 0.466. The van der Waals surface area contributed by atoms with E-state index in [1.807, 2.05) is 38.1 Å². The number of rotatable bonds is 4. The van der Waals surface area contributed by atoms with Crippen molar-refractivity contribution in [3.8, 4) is 0 Å². The summed E-state index contributed by atoms with van der Waals surface area (Å²) in [5, 5.41) is 3.01. The predicted octanol–water partition coefficient (Wildman–Crippen LogP) is 2.56. The number of hydrogen-bond donors (Lipinski definition) is 1. The molecule has 3 heteroatoms. The molecule has 0 saturated carbocycles. The molecule has 0 heterocycles. The van der Waals surface area contributed by atoms with Gasteiger partial charge in [-0.1, -0.05) is 28.1 Å². The van der Waals surface area contributed by atoms with Crippen LogP contribution in [0.4, 0.5) is 0 Å². The zero-order valence-electron chi connectivity index (χ0n) is 9.30. The van der Waals surface area contributed by atoms with E-state index >= 15 is 0 Å². The maximum absolute atomic E-state index is 11.9. The molecule has 0 bridgehead atoms. The van der Waals surface area contributed by atoms with Gasteiger partial charge in [-0.3, -0.25) is 4.79 Å². The molecule has 0 spiro atoms. The van der Waals surface area contributed by atoms with E-state index in [1.165, 1.54) is 0 Å². The van der Waals surface area contributed by atoms with Crippen molar-refractivity contribution in [1.29, 1.82) is 0 Å². The lowest BCUT2D eigenvalue weighted by molar-refractivity contribution is -0.123. The van der Waals surface area contributed by atoms with Gasteiger partial charge in [0.25, 0.3) is 0 Å². The van der Waals surface area contributed by atoms with Gasteiger partial charge in [-0.05, 0) is 38.6 Å². The van der Waals surface area contributed by atoms with Crippen molar-refractivity contribution in [3.63, 3.8) is 0 Å². The molecule has 1 aromatic rings. The summed E-state index contributed by atoms with van der Waals surface area (Å²) in [6.45, 7) is 3.79. The summed E-state index contributed by atoms with van der Waals surface area (Å²) < 4.78 is 1.01. The quantitative estimate of drug-likeness (QED) is 0.911. The Labute approximate surface area is 99.2 Å². The Hall–Kier alpha value is -0.670. The van der Waals surface area contributed by atoms with Crippen LogP contribution >= 0.6 is 15.9 Å². The van der Waals surface area contributed by atoms with E-state index < -0.39 is 5.54 Å². The highest BCUT2D eigenvalue weighted by molar-refractivity contribution is 9.10. The number of halogens is 1. The molecule has 0 fully saturated rings. The molecule has 0 aliphatic rings. The van der Waals surface area contributed by atoms with E-state index in [1.54, 1.807) is 7.05 Å². The third-order valence-corrected chi connectivity index (χ3v) is 3.07. The molecule has 0 unspecified atom stereocenters. The van der Waals surface area contributed by atoms with Gasteiger partial charge in [-0.25, -0.2) is 0 Å². The second-order valence-corrected chi connectivity index (χ2v) is 5.02. The molecule has 0 aromatic heterocycles. The van der Waals surface area contributed by atoms with Crippen LogP contribution in [0.25, 0.3) is 0 Å². The van der Waals surface area contributed by atoms with E-state index in [2.05, 4.69) is 21.2 Å². The van der Waals surface area contributed by atoms with Crippen molar-refractivity contribution in [2.45, 2.75) is 25.8 Å². The highest BCUT2D eigenvalue weighted by atomic mass is 79.9. The second-order valence-electron chi connectivity index (χ2n) is 4.10. The Morgan fingerprint density at radius 1 is 1.47 bits per heavy atom. The third kappa shape index (κ3) is 3.43. The fraction of sp³-hybridized carbons (Fsp3) is 0.417. The van der Waals surface area contributed by atoms with E-state index in [9.17, 15) is 4.79 Å². The zero-order chi connectivity index (χ0) is 11.5. The van der Waals surface area contributed by atoms with Gasteiger partial charge in [0.05, 0.1) is 5.54 Å². The van der Waals surface area contributed by atoms with Crippen molar-refractivity contribution in [2.24, 2.45) is 0 Å². The molecule has 15 heavy (non-hydrogen) atoms. The molecule has 2 nitrogen and oxygen atoms in total. The Morgan fingerprint density at radius 2 is 2.13 bits per heavy atom. The van der Waals surface area contributed by atoms with Gasteiger partial charge in [-0.2, -0.15) is 0 Å². The lowest BCUT2D eigenvalue weighted by Gasteiger charge is -2.22. The fourth-order valence-corrected chi connectivity index (χ4v) is 1.64. The molecule has 0 aliphatic carbocycles. The molecule has 0 radical (unpaired) electrons. The van der Waals surface area contributed by atoms with Crippen molar-refractivity contribution in [3.05, 3.63) is 34.3 Å². The number of hydrogen-bond acceptors (Lipinski definition) is 2. The van der Waals surface area contributed by atoms with Gasteiger partial charge >= 0.3 is 0 Å². The van der Waals surface area contributed by atoms with Gasteiger partial charge in [0.15, 0.2) is 5.78 Å². The summed E-state index contributed by atoms with van der Waals surface area (Å²) in [4.78, 5) is 11.9. The molecule has 0 amide bonds. The molecule has 1 aromatic carbocycles. The highest BCUT2D eigenvalue weighted by Crippen LogP contribution is 2.14. The van der Waals surface area contributed by atoms with Crippen LogP contribution in [0.1, 0.15) is 19.4 Å². The molecule has 0 aliphatic heterocycles. The first-order valence-electron chi connectivity index (χ1n) is 4.92. The summed E-state index contributed by atoms with van der Waals surface area (Å²) in [5.74, 6) is 0.197. The lowest BCUT2D eigenvalue weighted by Crippen LogP contribution is -2.45. The molecule has 1 rings (SSSR count). The maximum Gasteiger partial charge on any atom is 0.156 e. The summed E-state index contributed by atoms with van der Waals surface area (Å²) >= 11 is 3.39. The molecular weight excluding hydrogens is 254 g/mol. The molecule has 82 valence electrons. The number of ketones is 1. The van der Waals surface area contributed by atoms with E-state index in [-0.39, 0.29) is 5.78 Å². The number of nitrogens with one attached hydrogen (secondary N) is 1. The van der Waals surface area contributed by atoms with Gasteiger partial charge in [0.2, 0.25) is 0 Å². The van der Waals surface area contributed by atoms with Crippen molar-refractivity contribution in [2.75, 3.05) is 7.05 Å². The lowest BCUT2D eigenvalue weighted by atomic mass is 9.94. The fourth-order valence-electron chi connectivity index (χ4n) is 1.19. The van der Waals surface area contributed by atoms with Gasteiger partial charge in [0.1, 0.15) is 0 Å². The van der Waals surface area contributed by atoms with Crippen LogP contribution in [0.3, 0.4) is 0 Å². The minimum absolute atomic E-state index is 0.197. The van der Waals surface area contributed by atoms with Crippen LogP contribution in [-0.2, 0) is 11.2 Å². The summed E-state index contributed by atoms with van der Waals surface area (Å²) in [7, 11) is 1.80. The first-order chi connectivity index (χ1) is 6.95. The van der Waals surface area contributed by atoms with Crippen LogP contribution in [-0.4, -0.2) is 18.4 Å². The van der Waals surface area contributed by atoms with Crippen LogP contribution in [0, 0.1) is 0 Å². The van der Waals surface area contributed by atoms with E-state index in [4.69, 9.17) is 0 Å².